The van der Waals surface area contributed by atoms with Crippen molar-refractivity contribution in [2.45, 2.75) is 24.6 Å². The van der Waals surface area contributed by atoms with Crippen LogP contribution in [0.5, 0.6) is 0 Å². The van der Waals surface area contributed by atoms with Crippen LogP contribution in [0, 0.1) is 13.8 Å². The average Bonchev–Trinajstić information content (AvgIpc) is 3.17. The van der Waals surface area contributed by atoms with E-state index in [-0.39, 0.29) is 36.6 Å². The van der Waals surface area contributed by atoms with Crippen LogP contribution in [0.15, 0.2) is 33.5 Å². The highest BCUT2D eigenvalue weighted by atomic mass is 32.2. The number of hydrogen-bond donors (Lipinski definition) is 1. The third kappa shape index (κ3) is 5.49. The van der Waals surface area contributed by atoms with E-state index in [2.05, 4.69) is 10.3 Å². The minimum absolute atomic E-state index is 0.147. The molecule has 0 saturated carbocycles. The van der Waals surface area contributed by atoms with E-state index in [9.17, 15) is 14.4 Å². The summed E-state index contributed by atoms with van der Waals surface area (Å²) in [5.74, 6) is -0.468. The number of thioether (sulfide) groups is 2. The predicted molar refractivity (Wildman–Crippen MR) is 119 cm³/mol. The first kappa shape index (κ1) is 21.6. The Morgan fingerprint density at radius 2 is 1.97 bits per heavy atom. The molecule has 152 valence electrons. The molecule has 3 rings (SSSR count). The summed E-state index contributed by atoms with van der Waals surface area (Å²) in [5, 5.41) is 2.47. The molecular formula is C20H21N3O3S3. The van der Waals surface area contributed by atoms with Crippen LogP contribution < -0.4 is 5.32 Å². The Morgan fingerprint density at radius 3 is 2.62 bits per heavy atom. The summed E-state index contributed by atoms with van der Waals surface area (Å²) < 4.78 is 0.934. The molecule has 0 atom stereocenters. The molecule has 29 heavy (non-hydrogen) atoms. The molecule has 2 heterocycles. The minimum atomic E-state index is -0.322. The smallest absolute Gasteiger partial charge is 0.293 e. The highest BCUT2D eigenvalue weighted by molar-refractivity contribution is 8.18. The maximum atomic E-state index is 12.5. The van der Waals surface area contributed by atoms with Gasteiger partial charge in [-0.2, -0.15) is 0 Å². The van der Waals surface area contributed by atoms with Crippen LogP contribution in [0.25, 0.3) is 6.08 Å². The van der Waals surface area contributed by atoms with Crippen molar-refractivity contribution in [3.05, 3.63) is 50.9 Å². The van der Waals surface area contributed by atoms with Gasteiger partial charge >= 0.3 is 0 Å². The molecule has 6 nitrogen and oxygen atoms in total. The number of carbonyl (C=O) groups excluding carboxylic acids is 3. The van der Waals surface area contributed by atoms with Crippen molar-refractivity contribution in [3.63, 3.8) is 0 Å². The van der Waals surface area contributed by atoms with Gasteiger partial charge in [-0.3, -0.25) is 19.3 Å². The standard InChI is InChI=1S/C20H21N3O3S3/c1-12-4-6-14(7-5-12)10-16-18(25)23(20(26)29-16)9-8-21-17(24)11-15-13(2)22-19(27-3)28-15/h4-7,10H,8-9,11H2,1-3H3,(H,21,24)/b16-10+. The molecule has 1 aliphatic rings. The molecular weight excluding hydrogens is 426 g/mol. The van der Waals surface area contributed by atoms with E-state index in [0.717, 1.165) is 37.8 Å². The lowest BCUT2D eigenvalue weighted by Gasteiger charge is -2.12. The summed E-state index contributed by atoms with van der Waals surface area (Å²) in [6.07, 6.45) is 3.92. The molecule has 0 radical (unpaired) electrons. The number of rotatable bonds is 7. The van der Waals surface area contributed by atoms with Crippen molar-refractivity contribution in [2.24, 2.45) is 0 Å². The van der Waals surface area contributed by atoms with E-state index >= 15 is 0 Å². The lowest BCUT2D eigenvalue weighted by Crippen LogP contribution is -2.37. The first-order valence-electron chi connectivity index (χ1n) is 8.96. The third-order valence-electron chi connectivity index (χ3n) is 4.28. The monoisotopic (exact) mass is 447 g/mol. The third-order valence-corrected chi connectivity index (χ3v) is 7.33. The summed E-state index contributed by atoms with van der Waals surface area (Å²) in [4.78, 5) is 43.8. The van der Waals surface area contributed by atoms with Gasteiger partial charge in [-0.15, -0.1) is 11.3 Å². The fourth-order valence-electron chi connectivity index (χ4n) is 2.67. The Balaban J connectivity index is 1.53. The Bertz CT molecular complexity index is 967. The predicted octanol–water partition coefficient (Wildman–Crippen LogP) is 3.88. The van der Waals surface area contributed by atoms with Crippen LogP contribution in [-0.4, -0.2) is 46.3 Å². The molecule has 1 aliphatic heterocycles. The van der Waals surface area contributed by atoms with Crippen molar-refractivity contribution in [2.75, 3.05) is 19.3 Å². The molecule has 0 aliphatic carbocycles. The fraction of sp³-hybridized carbons (Fsp3) is 0.300. The van der Waals surface area contributed by atoms with Gasteiger partial charge in [0.25, 0.3) is 11.1 Å². The molecule has 9 heteroatoms. The van der Waals surface area contributed by atoms with Crippen LogP contribution in [0.1, 0.15) is 21.7 Å². The summed E-state index contributed by atoms with van der Waals surface area (Å²) in [5.41, 5.74) is 2.87. The van der Waals surface area contributed by atoms with E-state index in [1.807, 2.05) is 44.4 Å². The maximum Gasteiger partial charge on any atom is 0.293 e. The molecule has 0 bridgehead atoms. The van der Waals surface area contributed by atoms with Gasteiger partial charge in [-0.05, 0) is 43.5 Å². The number of benzene rings is 1. The van der Waals surface area contributed by atoms with E-state index < -0.39 is 0 Å². The van der Waals surface area contributed by atoms with Gasteiger partial charge in [-0.1, -0.05) is 41.6 Å². The van der Waals surface area contributed by atoms with Crippen LogP contribution in [0.3, 0.4) is 0 Å². The van der Waals surface area contributed by atoms with Crippen LogP contribution >= 0.6 is 34.9 Å². The Labute approximate surface area is 182 Å². The normalized spacial score (nSPS) is 15.4. The number of hydrogen-bond acceptors (Lipinski definition) is 7. The van der Waals surface area contributed by atoms with Crippen molar-refractivity contribution < 1.29 is 14.4 Å². The topological polar surface area (TPSA) is 79.4 Å². The molecule has 0 unspecified atom stereocenters. The zero-order valence-corrected chi connectivity index (χ0v) is 18.8. The highest BCUT2D eigenvalue weighted by Gasteiger charge is 2.34. The lowest BCUT2D eigenvalue weighted by molar-refractivity contribution is -0.124. The number of nitrogens with one attached hydrogen (secondary N) is 1. The average molecular weight is 448 g/mol. The number of thiazole rings is 1. The molecule has 1 fully saturated rings. The Morgan fingerprint density at radius 1 is 1.24 bits per heavy atom. The van der Waals surface area contributed by atoms with Gasteiger partial charge in [0.1, 0.15) is 4.34 Å². The second-order valence-corrected chi connectivity index (χ2v) is 9.59. The minimum Gasteiger partial charge on any atom is -0.354 e. The van der Waals surface area contributed by atoms with Gasteiger partial charge in [-0.25, -0.2) is 4.98 Å². The number of nitrogens with zero attached hydrogens (tertiary/aromatic N) is 2. The molecule has 0 spiro atoms. The van der Waals surface area contributed by atoms with Gasteiger partial charge in [0.2, 0.25) is 5.91 Å². The number of aryl methyl sites for hydroxylation is 2. The number of carbonyl (C=O) groups is 3. The molecule has 3 amide bonds. The fourth-order valence-corrected chi connectivity index (χ4v) is 5.19. The van der Waals surface area contributed by atoms with Gasteiger partial charge < -0.3 is 5.32 Å². The quantitative estimate of drug-likeness (QED) is 0.513. The summed E-state index contributed by atoms with van der Waals surface area (Å²) in [6, 6.07) is 7.73. The summed E-state index contributed by atoms with van der Waals surface area (Å²) in [7, 11) is 0. The van der Waals surface area contributed by atoms with E-state index in [1.54, 1.807) is 17.8 Å². The molecule has 2 aromatic rings. The second-order valence-electron chi connectivity index (χ2n) is 6.46. The molecule has 1 aromatic carbocycles. The van der Waals surface area contributed by atoms with Gasteiger partial charge in [0.15, 0.2) is 0 Å². The molecule has 1 N–H and O–H groups in total. The maximum absolute atomic E-state index is 12.5. The zero-order valence-electron chi connectivity index (χ0n) is 16.4. The van der Waals surface area contributed by atoms with Crippen molar-refractivity contribution >= 4 is 58.0 Å². The zero-order chi connectivity index (χ0) is 21.0. The van der Waals surface area contributed by atoms with Crippen molar-refractivity contribution in [1.82, 2.24) is 15.2 Å². The first-order chi connectivity index (χ1) is 13.9. The van der Waals surface area contributed by atoms with E-state index in [4.69, 9.17) is 0 Å². The van der Waals surface area contributed by atoms with Crippen molar-refractivity contribution in [1.29, 1.82) is 0 Å². The molecule has 1 aromatic heterocycles. The highest BCUT2D eigenvalue weighted by Crippen LogP contribution is 2.32. The SMILES string of the molecule is CSc1nc(C)c(CC(=O)NCCN2C(=O)S/C(=C/c3ccc(C)cc3)C2=O)s1. The van der Waals surface area contributed by atoms with E-state index in [0.29, 0.717) is 4.91 Å². The van der Waals surface area contributed by atoms with E-state index in [1.165, 1.54) is 16.2 Å². The number of aromatic nitrogens is 1. The Hall–Kier alpha value is -2.10. The summed E-state index contributed by atoms with van der Waals surface area (Å²) >= 11 is 3.99. The van der Waals surface area contributed by atoms with Crippen LogP contribution in [-0.2, 0) is 16.0 Å². The number of amides is 3. The summed E-state index contributed by atoms with van der Waals surface area (Å²) in [6.45, 7) is 4.25. The lowest BCUT2D eigenvalue weighted by atomic mass is 10.1. The van der Waals surface area contributed by atoms with Gasteiger partial charge in [0, 0.05) is 18.0 Å². The number of imide groups is 1. The molecule has 1 saturated heterocycles. The first-order valence-corrected chi connectivity index (χ1v) is 11.8. The largest absolute Gasteiger partial charge is 0.354 e. The Kier molecular flexibility index (Phi) is 7.15. The van der Waals surface area contributed by atoms with Crippen LogP contribution in [0.2, 0.25) is 0 Å². The van der Waals surface area contributed by atoms with Crippen molar-refractivity contribution in [3.8, 4) is 0 Å². The van der Waals surface area contributed by atoms with Crippen LogP contribution in [0.4, 0.5) is 4.79 Å². The van der Waals surface area contributed by atoms with Gasteiger partial charge in [0.05, 0.1) is 17.0 Å². The second kappa shape index (κ2) is 9.60.